The van der Waals surface area contributed by atoms with Crippen molar-refractivity contribution in [3.63, 3.8) is 0 Å². The minimum absolute atomic E-state index is 0.250. The fraction of sp³-hybridized carbons (Fsp3) is 0.417. The van der Waals surface area contributed by atoms with Gasteiger partial charge in [0.25, 0.3) is 0 Å². The number of aliphatic imine (C=N–C) groups is 1. The molecule has 2 aliphatic heterocycles. The summed E-state index contributed by atoms with van der Waals surface area (Å²) in [7, 11) is 17.5. The molecule has 0 saturated carbocycles. The molecule has 8 heteroatoms. The minimum atomic E-state index is -1.54. The lowest BCUT2D eigenvalue weighted by Crippen LogP contribution is -2.62. The molecule has 2 heterocycles. The molecule has 1 aromatic carbocycles. The van der Waals surface area contributed by atoms with Crippen molar-refractivity contribution in [2.75, 3.05) is 13.2 Å². The van der Waals surface area contributed by atoms with Gasteiger partial charge in [-0.25, -0.2) is 0 Å². The lowest BCUT2D eigenvalue weighted by Gasteiger charge is -2.36. The second-order valence-electron chi connectivity index (χ2n) is 4.94. The van der Waals surface area contributed by atoms with Gasteiger partial charge in [-0.3, -0.25) is 4.99 Å². The molecule has 0 saturated heterocycles. The third-order valence-corrected chi connectivity index (χ3v) is 3.43. The van der Waals surface area contributed by atoms with E-state index in [2.05, 4.69) is 10.3 Å². The van der Waals surface area contributed by atoms with E-state index in [1.165, 1.54) is 0 Å². The van der Waals surface area contributed by atoms with Crippen LogP contribution in [0.1, 0.15) is 0 Å². The van der Waals surface area contributed by atoms with Gasteiger partial charge in [-0.1, -0.05) is 12.1 Å². The third-order valence-electron chi connectivity index (χ3n) is 3.43. The lowest BCUT2D eigenvalue weighted by molar-refractivity contribution is 0.133. The Hall–Kier alpha value is -1.56. The fourth-order valence-corrected chi connectivity index (χ4v) is 2.13. The number of aliphatic hydroxyl groups excluding tert-OH is 1. The van der Waals surface area contributed by atoms with Crippen LogP contribution in [0.25, 0.3) is 0 Å². The number of amidine groups is 1. The number of fused-ring (bicyclic) bond motifs is 1. The van der Waals surface area contributed by atoms with E-state index >= 15 is 0 Å². The van der Waals surface area contributed by atoms with Gasteiger partial charge in [0.1, 0.15) is 20.3 Å². The molecule has 2 aliphatic rings. The van der Waals surface area contributed by atoms with Crippen LogP contribution >= 0.6 is 0 Å². The number of hydrogen-bond donors (Lipinski definition) is 2. The Balaban J connectivity index is 1.85. The number of benzene rings is 1. The summed E-state index contributed by atoms with van der Waals surface area (Å²) < 4.78 is 11.4. The molecule has 3 rings (SSSR count). The van der Waals surface area contributed by atoms with Crippen LogP contribution in [0.2, 0.25) is 0 Å². The molecule has 2 unspecified atom stereocenters. The molecular weight excluding hydrogens is 253 g/mol. The molecular formula is C12H11B3N2O3. The van der Waals surface area contributed by atoms with Crippen molar-refractivity contribution in [2.45, 2.75) is 16.9 Å². The Labute approximate surface area is 121 Å². The fourth-order valence-electron chi connectivity index (χ4n) is 2.13. The van der Waals surface area contributed by atoms with Gasteiger partial charge >= 0.3 is 0 Å². The number of nitrogens with zero attached hydrogens (tertiary/aromatic N) is 1. The first kappa shape index (κ1) is 13.4. The summed E-state index contributed by atoms with van der Waals surface area (Å²) >= 11 is 0. The first-order valence-corrected chi connectivity index (χ1v) is 6.19. The van der Waals surface area contributed by atoms with Crippen LogP contribution in [0.15, 0.2) is 29.3 Å². The van der Waals surface area contributed by atoms with Crippen molar-refractivity contribution >= 4 is 29.4 Å². The molecule has 2 atom stereocenters. The summed E-state index contributed by atoms with van der Waals surface area (Å²) in [6.07, 6.45) is -0.506. The molecule has 5 nitrogen and oxygen atoms in total. The van der Waals surface area contributed by atoms with Gasteiger partial charge in [0.05, 0.1) is 27.7 Å². The SMILES string of the molecule is [B]C1(CO)N=C(C2COc3ccccc3O2)NC1([B])[B]. The number of para-hydroxylation sites is 2. The summed E-state index contributed by atoms with van der Waals surface area (Å²) in [5.74, 6) is 1.63. The Morgan fingerprint density at radius 1 is 1.30 bits per heavy atom. The first-order valence-electron chi connectivity index (χ1n) is 6.19. The average Bonchev–Trinajstić information content (AvgIpc) is 2.69. The number of aliphatic hydroxyl groups is 1. The van der Waals surface area contributed by atoms with Crippen molar-refractivity contribution in [1.82, 2.24) is 5.32 Å². The molecule has 0 spiro atoms. The molecule has 0 fully saturated rings. The molecule has 2 N–H and O–H groups in total. The van der Waals surface area contributed by atoms with E-state index in [4.69, 9.17) is 33.0 Å². The van der Waals surface area contributed by atoms with Crippen molar-refractivity contribution < 1.29 is 14.6 Å². The van der Waals surface area contributed by atoms with Gasteiger partial charge < -0.3 is 19.9 Å². The standard InChI is InChI=1S/C12H11B3N2O3/c13-11(6-18)12(14,15)17-10(16-11)9-5-19-7-3-1-2-4-8(7)20-9/h1-4,9,18H,5-6H2,(H,16,17). The van der Waals surface area contributed by atoms with Crippen molar-refractivity contribution in [3.05, 3.63) is 24.3 Å². The van der Waals surface area contributed by atoms with E-state index in [1.54, 1.807) is 6.07 Å². The number of hydrogen-bond acceptors (Lipinski definition) is 5. The van der Waals surface area contributed by atoms with Crippen molar-refractivity contribution in [1.29, 1.82) is 0 Å². The Kier molecular flexibility index (Phi) is 3.01. The molecule has 6 radical (unpaired) electrons. The van der Waals surface area contributed by atoms with Crippen LogP contribution in [0.5, 0.6) is 11.5 Å². The van der Waals surface area contributed by atoms with Crippen LogP contribution in [0.3, 0.4) is 0 Å². The first-order chi connectivity index (χ1) is 9.45. The highest BCUT2D eigenvalue weighted by Gasteiger charge is 2.46. The molecule has 0 bridgehead atoms. The van der Waals surface area contributed by atoms with Gasteiger partial charge in [0.2, 0.25) is 0 Å². The summed E-state index contributed by atoms with van der Waals surface area (Å²) in [5, 5.41) is 10.6. The minimum Gasteiger partial charge on any atom is -0.485 e. The molecule has 0 aromatic heterocycles. The molecule has 1 aromatic rings. The third kappa shape index (κ3) is 1.99. The van der Waals surface area contributed by atoms with E-state index in [9.17, 15) is 5.11 Å². The quantitative estimate of drug-likeness (QED) is 0.650. The number of nitrogens with one attached hydrogen (secondary N) is 1. The van der Waals surface area contributed by atoms with Crippen LogP contribution in [0.4, 0.5) is 0 Å². The second-order valence-corrected chi connectivity index (χ2v) is 4.94. The van der Waals surface area contributed by atoms with Gasteiger partial charge in [-0.05, 0) is 17.5 Å². The van der Waals surface area contributed by atoms with E-state index in [0.717, 1.165) is 0 Å². The zero-order valence-electron chi connectivity index (χ0n) is 10.7. The lowest BCUT2D eigenvalue weighted by atomic mass is 9.46. The summed E-state index contributed by atoms with van der Waals surface area (Å²) in [6.45, 7) is -0.235. The van der Waals surface area contributed by atoms with Crippen molar-refractivity contribution in [2.24, 2.45) is 4.99 Å². The zero-order chi connectivity index (χ0) is 14.4. The van der Waals surface area contributed by atoms with Crippen LogP contribution in [0, 0.1) is 0 Å². The predicted octanol–water partition coefficient (Wildman–Crippen LogP) is -1.32. The molecule has 96 valence electrons. The predicted molar refractivity (Wildman–Crippen MR) is 76.7 cm³/mol. The summed E-state index contributed by atoms with van der Waals surface area (Å²) in [4.78, 5) is 4.17. The second kappa shape index (κ2) is 4.48. The Bertz CT molecular complexity index is 567. The van der Waals surface area contributed by atoms with Gasteiger partial charge in [0, 0.05) is 0 Å². The zero-order valence-corrected chi connectivity index (χ0v) is 10.7. The van der Waals surface area contributed by atoms with Crippen LogP contribution in [-0.2, 0) is 0 Å². The normalized spacial score (nSPS) is 30.4. The summed E-state index contributed by atoms with van der Waals surface area (Å²) in [6, 6.07) is 7.30. The Morgan fingerprint density at radius 3 is 2.65 bits per heavy atom. The Morgan fingerprint density at radius 2 is 2.00 bits per heavy atom. The van der Waals surface area contributed by atoms with E-state index < -0.39 is 23.5 Å². The van der Waals surface area contributed by atoms with Crippen LogP contribution in [-0.4, -0.2) is 64.6 Å². The maximum absolute atomic E-state index is 9.33. The van der Waals surface area contributed by atoms with Crippen LogP contribution < -0.4 is 14.8 Å². The van der Waals surface area contributed by atoms with E-state index in [1.807, 2.05) is 18.2 Å². The highest BCUT2D eigenvalue weighted by atomic mass is 16.6. The average molecular weight is 264 g/mol. The largest absolute Gasteiger partial charge is 0.485 e. The molecule has 0 amide bonds. The van der Waals surface area contributed by atoms with Crippen molar-refractivity contribution in [3.8, 4) is 11.5 Å². The van der Waals surface area contributed by atoms with Gasteiger partial charge in [-0.2, -0.15) is 0 Å². The smallest absolute Gasteiger partial charge is 0.189 e. The van der Waals surface area contributed by atoms with Gasteiger partial charge in [0.15, 0.2) is 17.6 Å². The number of ether oxygens (including phenoxy) is 2. The van der Waals surface area contributed by atoms with E-state index in [-0.39, 0.29) is 6.61 Å². The number of rotatable bonds is 2. The maximum Gasteiger partial charge on any atom is 0.189 e. The maximum atomic E-state index is 9.33. The van der Waals surface area contributed by atoms with E-state index in [0.29, 0.717) is 17.3 Å². The molecule has 20 heavy (non-hydrogen) atoms. The molecule has 0 aliphatic carbocycles. The summed E-state index contributed by atoms with van der Waals surface area (Å²) in [5.41, 5.74) is -1.50. The monoisotopic (exact) mass is 264 g/mol. The van der Waals surface area contributed by atoms with Gasteiger partial charge in [-0.15, -0.1) is 0 Å². The highest BCUT2D eigenvalue weighted by molar-refractivity contribution is 6.47. The highest BCUT2D eigenvalue weighted by Crippen LogP contribution is 2.32. The topological polar surface area (TPSA) is 63.1 Å².